The second-order valence-electron chi connectivity index (χ2n) is 12.9. The van der Waals surface area contributed by atoms with E-state index in [4.69, 9.17) is 23.9 Å². The molecule has 0 bridgehead atoms. The van der Waals surface area contributed by atoms with Crippen LogP contribution in [0.2, 0.25) is 0 Å². The van der Waals surface area contributed by atoms with Crippen molar-refractivity contribution in [2.24, 2.45) is 0 Å². The number of carbonyl (C=O) groups excluding carboxylic acids is 2. The third-order valence-corrected chi connectivity index (χ3v) is 7.43. The quantitative estimate of drug-likeness (QED) is 0.154. The van der Waals surface area contributed by atoms with Gasteiger partial charge in [0.25, 0.3) is 0 Å². The van der Waals surface area contributed by atoms with Crippen LogP contribution in [0.1, 0.15) is 49.9 Å². The van der Waals surface area contributed by atoms with Crippen LogP contribution in [0.15, 0.2) is 89.7 Å². The number of fused-ring (bicyclic) bond motifs is 1. The highest BCUT2D eigenvalue weighted by atomic mass is 16.6. The molecule has 0 spiro atoms. The van der Waals surface area contributed by atoms with Crippen LogP contribution >= 0.6 is 0 Å². The van der Waals surface area contributed by atoms with Gasteiger partial charge in [-0.2, -0.15) is 0 Å². The van der Waals surface area contributed by atoms with Gasteiger partial charge in [0.1, 0.15) is 17.1 Å². The van der Waals surface area contributed by atoms with Crippen molar-refractivity contribution in [3.05, 3.63) is 108 Å². The van der Waals surface area contributed by atoms with Crippen LogP contribution in [0.5, 0.6) is 5.88 Å². The summed E-state index contributed by atoms with van der Waals surface area (Å²) in [4.78, 5) is 40.0. The Morgan fingerprint density at radius 3 is 2.27 bits per heavy atom. The molecule has 0 unspecified atom stereocenters. The summed E-state index contributed by atoms with van der Waals surface area (Å²) in [6.07, 6.45) is 3.93. The number of furan rings is 1. The lowest BCUT2D eigenvalue weighted by Gasteiger charge is -2.24. The summed E-state index contributed by atoms with van der Waals surface area (Å²) < 4.78 is 19.1. The van der Waals surface area contributed by atoms with Crippen molar-refractivity contribution in [3.63, 3.8) is 0 Å². The van der Waals surface area contributed by atoms with E-state index in [1.54, 1.807) is 31.9 Å². The van der Waals surface area contributed by atoms with Gasteiger partial charge in [0.05, 0.1) is 24.1 Å². The fourth-order valence-corrected chi connectivity index (χ4v) is 5.22. The lowest BCUT2D eigenvalue weighted by Crippen LogP contribution is -2.42. The fourth-order valence-electron chi connectivity index (χ4n) is 5.22. The van der Waals surface area contributed by atoms with Crippen LogP contribution in [0.4, 0.5) is 9.59 Å². The Hall–Kier alpha value is -5.16. The van der Waals surface area contributed by atoms with Gasteiger partial charge in [-0.15, -0.1) is 0 Å². The first kappa shape index (κ1) is 34.2. The van der Waals surface area contributed by atoms with Crippen molar-refractivity contribution >= 4 is 17.8 Å². The molecule has 0 aliphatic carbocycles. The molecule has 252 valence electrons. The molecular formula is C37H44N6O5. The van der Waals surface area contributed by atoms with Crippen LogP contribution < -0.4 is 10.1 Å². The predicted octanol–water partition coefficient (Wildman–Crippen LogP) is 6.45. The minimum Gasteiger partial charge on any atom is -0.469 e. The summed E-state index contributed by atoms with van der Waals surface area (Å²) in [6.45, 7) is 7.03. The Kier molecular flexibility index (Phi) is 11.1. The van der Waals surface area contributed by atoms with E-state index in [2.05, 4.69) is 22.3 Å². The number of nitrogens with zero attached hydrogens (tertiary/aromatic N) is 5. The van der Waals surface area contributed by atoms with Crippen LogP contribution in [0.3, 0.4) is 0 Å². The molecule has 48 heavy (non-hydrogen) atoms. The number of rotatable bonds is 13. The zero-order chi connectivity index (χ0) is 34.1. The number of ether oxygens (including phenoxy) is 2. The van der Waals surface area contributed by atoms with Gasteiger partial charge >= 0.3 is 12.2 Å². The van der Waals surface area contributed by atoms with Gasteiger partial charge in [0.15, 0.2) is 5.65 Å². The lowest BCUT2D eigenvalue weighted by molar-refractivity contribution is 0.0520. The smallest absolute Gasteiger partial charge is 0.416 e. The monoisotopic (exact) mass is 652 g/mol. The van der Waals surface area contributed by atoms with E-state index in [1.807, 2.05) is 85.4 Å². The Labute approximate surface area is 281 Å². The molecule has 0 saturated heterocycles. The molecule has 5 rings (SSSR count). The van der Waals surface area contributed by atoms with Gasteiger partial charge in [0, 0.05) is 37.8 Å². The first-order valence-electron chi connectivity index (χ1n) is 16.2. The minimum absolute atomic E-state index is 0.196. The summed E-state index contributed by atoms with van der Waals surface area (Å²) in [6, 6.07) is 23.6. The van der Waals surface area contributed by atoms with E-state index < -0.39 is 17.8 Å². The van der Waals surface area contributed by atoms with Gasteiger partial charge in [-0.25, -0.2) is 19.6 Å². The summed E-state index contributed by atoms with van der Waals surface area (Å²) >= 11 is 0. The molecular weight excluding hydrogens is 608 g/mol. The molecule has 3 aromatic heterocycles. The third-order valence-electron chi connectivity index (χ3n) is 7.43. The number of imidazole rings is 1. The Morgan fingerprint density at radius 2 is 1.60 bits per heavy atom. The topological polar surface area (TPSA) is 114 Å². The standard InChI is InChI=1S/C37H44N6O5/c1-37(2,3)48-35(44)38-19-22-42(21-13-20-41(4)5)36(45)47-34-31(25-29-18-12-23-46-29)40-33-30(24-27-14-8-6-9-15-27)39-32(26-43(33)34)28-16-10-7-11-17-28/h6-12,14-18,23,26H,13,19-22,24-25H2,1-5H3,(H,38,44). The van der Waals surface area contributed by atoms with E-state index in [1.165, 1.54) is 0 Å². The number of nitrogens with one attached hydrogen (secondary N) is 1. The molecule has 0 saturated carbocycles. The van der Waals surface area contributed by atoms with E-state index in [0.717, 1.165) is 29.1 Å². The van der Waals surface area contributed by atoms with Crippen molar-refractivity contribution in [2.75, 3.05) is 40.3 Å². The number of benzene rings is 2. The molecule has 11 heteroatoms. The van der Waals surface area contributed by atoms with E-state index in [0.29, 0.717) is 42.9 Å². The molecule has 1 N–H and O–H groups in total. The summed E-state index contributed by atoms with van der Waals surface area (Å²) in [5, 5.41) is 2.75. The van der Waals surface area contributed by atoms with E-state index >= 15 is 0 Å². The van der Waals surface area contributed by atoms with Crippen molar-refractivity contribution in [1.29, 1.82) is 0 Å². The van der Waals surface area contributed by atoms with Gasteiger partial charge in [0.2, 0.25) is 5.88 Å². The van der Waals surface area contributed by atoms with E-state index in [9.17, 15) is 9.59 Å². The second-order valence-corrected chi connectivity index (χ2v) is 12.9. The van der Waals surface area contributed by atoms with Crippen LogP contribution in [-0.4, -0.2) is 82.2 Å². The van der Waals surface area contributed by atoms with Gasteiger partial charge < -0.3 is 29.0 Å². The summed E-state index contributed by atoms with van der Waals surface area (Å²) in [5.74, 6) is 0.971. The van der Waals surface area contributed by atoms with E-state index in [-0.39, 0.29) is 19.0 Å². The maximum atomic E-state index is 14.0. The molecule has 0 fully saturated rings. The summed E-state index contributed by atoms with van der Waals surface area (Å²) in [7, 11) is 3.97. The third kappa shape index (κ3) is 9.45. The van der Waals surface area contributed by atoms with Crippen molar-refractivity contribution in [2.45, 2.75) is 45.6 Å². The SMILES string of the molecule is CN(C)CCCN(CCNC(=O)OC(C)(C)C)C(=O)Oc1c(Cc2ccco2)nc2c(Cc3ccccc3)nc(-c3ccccc3)cn12. The normalized spacial score (nSPS) is 11.5. The average Bonchev–Trinajstić information content (AvgIpc) is 3.68. The van der Waals surface area contributed by atoms with Crippen molar-refractivity contribution in [1.82, 2.24) is 29.5 Å². The molecule has 0 aliphatic rings. The molecule has 5 aromatic rings. The molecule has 3 heterocycles. The predicted molar refractivity (Wildman–Crippen MR) is 184 cm³/mol. The maximum absolute atomic E-state index is 14.0. The van der Waals surface area contributed by atoms with Gasteiger partial charge in [-0.3, -0.25) is 4.40 Å². The Balaban J connectivity index is 1.52. The molecule has 11 nitrogen and oxygen atoms in total. The highest BCUT2D eigenvalue weighted by Crippen LogP contribution is 2.30. The average molecular weight is 653 g/mol. The molecule has 2 amide bonds. The van der Waals surface area contributed by atoms with Crippen molar-refractivity contribution in [3.8, 4) is 17.1 Å². The highest BCUT2D eigenvalue weighted by molar-refractivity contribution is 5.72. The van der Waals surface area contributed by atoms with Crippen LogP contribution in [0, 0.1) is 0 Å². The first-order valence-corrected chi connectivity index (χ1v) is 16.2. The molecule has 0 aliphatic heterocycles. The zero-order valence-corrected chi connectivity index (χ0v) is 28.3. The Morgan fingerprint density at radius 1 is 0.875 bits per heavy atom. The zero-order valence-electron chi connectivity index (χ0n) is 28.3. The second kappa shape index (κ2) is 15.6. The van der Waals surface area contributed by atoms with Crippen LogP contribution in [0.25, 0.3) is 16.9 Å². The molecule has 0 radical (unpaired) electrons. The fraction of sp³-hybridized carbons (Fsp3) is 0.351. The first-order chi connectivity index (χ1) is 23.1. The molecule has 0 atom stereocenters. The van der Waals surface area contributed by atoms with Gasteiger partial charge in [-0.1, -0.05) is 60.7 Å². The molecule has 2 aromatic carbocycles. The van der Waals surface area contributed by atoms with Crippen LogP contribution in [-0.2, 0) is 17.6 Å². The van der Waals surface area contributed by atoms with Crippen molar-refractivity contribution < 1.29 is 23.5 Å². The number of alkyl carbamates (subject to hydrolysis) is 1. The maximum Gasteiger partial charge on any atom is 0.416 e. The number of hydrogen-bond donors (Lipinski definition) is 1. The number of amides is 2. The minimum atomic E-state index is -0.630. The number of hydrogen-bond acceptors (Lipinski definition) is 8. The largest absolute Gasteiger partial charge is 0.469 e. The Bertz CT molecular complexity index is 1780. The number of aromatic nitrogens is 3. The van der Waals surface area contributed by atoms with Gasteiger partial charge in [-0.05, 0) is 65.5 Å². The summed E-state index contributed by atoms with van der Waals surface area (Å²) in [5.41, 5.74) is 3.97. The lowest BCUT2D eigenvalue weighted by atomic mass is 10.1. The number of carbonyl (C=O) groups is 2. The highest BCUT2D eigenvalue weighted by Gasteiger charge is 2.25.